The van der Waals surface area contributed by atoms with Crippen LogP contribution >= 0.6 is 0 Å². The Bertz CT molecular complexity index is 834. The lowest BCUT2D eigenvalue weighted by Gasteiger charge is -2.38. The van der Waals surface area contributed by atoms with Gasteiger partial charge in [-0.05, 0) is 19.0 Å². The van der Waals surface area contributed by atoms with E-state index in [-0.39, 0.29) is 18.5 Å². The Hall–Kier alpha value is -1.86. The Balaban J connectivity index is 2.31. The number of hydrogen-bond donors (Lipinski definition) is 0. The number of likely N-dealkylation sites (N-methyl/N-ethyl adjacent to an activating group) is 1. The largest absolute Gasteiger partial charge is 0.472 e. The number of rotatable bonds is 6. The van der Waals surface area contributed by atoms with Gasteiger partial charge >= 0.3 is 29.8 Å². The first-order valence-electron chi connectivity index (χ1n) is 9.28. The van der Waals surface area contributed by atoms with Crippen molar-refractivity contribution in [2.75, 3.05) is 26.7 Å². The smallest absolute Gasteiger partial charge is 0.408 e. The molecule has 0 amide bonds. The van der Waals surface area contributed by atoms with E-state index in [9.17, 15) is 43.9 Å². The van der Waals surface area contributed by atoms with E-state index in [1.807, 2.05) is 0 Å². The highest BCUT2D eigenvalue weighted by molar-refractivity contribution is 6.46. The predicted molar refractivity (Wildman–Crippen MR) is 81.4 cm³/mol. The maximum atomic E-state index is 14.0. The molecule has 0 aliphatic carbocycles. The van der Waals surface area contributed by atoms with E-state index in [2.05, 4.69) is 14.7 Å². The normalized spacial score (nSPS) is 22.3. The molecule has 4 nitrogen and oxygen atoms in total. The van der Waals surface area contributed by atoms with Crippen LogP contribution in [0.15, 0.2) is 21.6 Å². The van der Waals surface area contributed by atoms with Crippen molar-refractivity contribution in [1.29, 1.82) is 0 Å². The van der Waals surface area contributed by atoms with Gasteiger partial charge in [0.1, 0.15) is 12.4 Å². The third kappa shape index (κ3) is 3.82. The molecule has 0 aromatic rings. The minimum atomic E-state index is -7.25. The molecule has 0 radical (unpaired) electrons. The summed E-state index contributed by atoms with van der Waals surface area (Å²) in [5, 5.41) is 0. The minimum Gasteiger partial charge on any atom is -0.408 e. The molecule has 0 aromatic carbocycles. The molecule has 0 aromatic heterocycles. The first-order valence-corrected chi connectivity index (χ1v) is 7.78. The summed E-state index contributed by atoms with van der Waals surface area (Å²) < 4.78 is 160. The fourth-order valence-corrected chi connectivity index (χ4v) is 2.39. The summed E-state index contributed by atoms with van der Waals surface area (Å²) in [6.07, 6.45) is -5.11. The number of alkyl halides is 10. The first-order chi connectivity index (χ1) is 14.2. The molecular formula is C15H15F10N3O. The highest BCUT2D eigenvalue weighted by Crippen LogP contribution is 2.57. The molecule has 0 unspecified atom stereocenters. The van der Waals surface area contributed by atoms with Crippen molar-refractivity contribution in [3.8, 4) is 0 Å². The lowest BCUT2D eigenvalue weighted by atomic mass is 9.98. The lowest BCUT2D eigenvalue weighted by molar-refractivity contribution is -0.431. The molecule has 0 N–H and O–H groups in total. The maximum Gasteiger partial charge on any atom is 0.472 e. The Morgan fingerprint density at radius 1 is 0.966 bits per heavy atom. The monoisotopic (exact) mass is 446 g/mol. The summed E-state index contributed by atoms with van der Waals surface area (Å²) in [6.45, 7) is -4.64. The zero-order valence-corrected chi connectivity index (χ0v) is 14.4. The van der Waals surface area contributed by atoms with Gasteiger partial charge in [0.05, 0.1) is 0 Å². The van der Waals surface area contributed by atoms with Crippen LogP contribution in [0.1, 0.15) is 17.5 Å². The molecule has 166 valence electrons. The van der Waals surface area contributed by atoms with Crippen molar-refractivity contribution >= 4 is 11.6 Å². The molecule has 0 spiro atoms. The van der Waals surface area contributed by atoms with E-state index in [1.165, 1.54) is 6.08 Å². The quantitative estimate of drug-likeness (QED) is 0.573. The number of nitrogens with zero attached hydrogens (tertiary/aromatic N) is 3. The summed E-state index contributed by atoms with van der Waals surface area (Å²) >= 11 is 0. The molecular weight excluding hydrogens is 428 g/mol. The maximum absolute atomic E-state index is 14.0. The second-order valence-corrected chi connectivity index (χ2v) is 6.28. The van der Waals surface area contributed by atoms with Gasteiger partial charge in [-0.1, -0.05) is 6.08 Å². The molecule has 0 saturated heterocycles. The van der Waals surface area contributed by atoms with Crippen LogP contribution in [-0.2, 0) is 4.74 Å². The van der Waals surface area contributed by atoms with Gasteiger partial charge in [-0.3, -0.25) is 4.99 Å². The molecule has 0 fully saturated rings. The summed E-state index contributed by atoms with van der Waals surface area (Å²) in [5.74, 6) is -28.5. The van der Waals surface area contributed by atoms with E-state index in [0.717, 1.165) is 4.90 Å². The number of ether oxygens (including phenoxy) is 1. The van der Waals surface area contributed by atoms with E-state index >= 15 is 0 Å². The van der Waals surface area contributed by atoms with Gasteiger partial charge in [-0.25, -0.2) is 4.99 Å². The minimum absolute atomic E-state index is 0.00137. The van der Waals surface area contributed by atoms with Crippen LogP contribution in [0, 0.1) is 0 Å². The molecule has 14 heteroatoms. The third-order valence-corrected chi connectivity index (χ3v) is 4.03. The van der Waals surface area contributed by atoms with E-state index in [0.29, 0.717) is 0 Å². The molecule has 2 heterocycles. The van der Waals surface area contributed by atoms with Gasteiger partial charge in [0.15, 0.2) is 0 Å². The summed E-state index contributed by atoms with van der Waals surface area (Å²) in [7, 11) is 0. The highest BCUT2D eigenvalue weighted by Gasteiger charge is 2.87. The van der Waals surface area contributed by atoms with Gasteiger partial charge in [0, 0.05) is 24.1 Å². The average Bonchev–Trinajstić information content (AvgIpc) is 3.07. The van der Waals surface area contributed by atoms with Gasteiger partial charge in [-0.2, -0.15) is 43.9 Å². The third-order valence-electron chi connectivity index (χ3n) is 4.03. The Labute approximate surface area is 162 Å². The standard InChI is InChI=1S/C15H15F10N3O/c1-11(16,17)12(18,19)13(20,21)14(22,23)15(24,25)29-10-9(26-7-27-10)8-4-3-5-28(2)6-8/h4H,3,5-7H2,1-2H3/i2D3. The zero-order valence-electron chi connectivity index (χ0n) is 17.4. The zero-order chi connectivity index (χ0) is 25.0. The van der Waals surface area contributed by atoms with Crippen molar-refractivity contribution in [3.63, 3.8) is 0 Å². The predicted octanol–water partition coefficient (Wildman–Crippen LogP) is 4.23. The summed E-state index contributed by atoms with van der Waals surface area (Å²) in [4.78, 5) is 7.60. The highest BCUT2D eigenvalue weighted by atomic mass is 19.4. The SMILES string of the molecule is [2H]C([2H])([2H])N1CCC=C(C2=NCN=C2OC(F)(F)C(F)(F)C(F)(F)C(F)(F)C(C)(F)F)C1. The number of hydrogen-bond acceptors (Lipinski definition) is 4. The fourth-order valence-electron chi connectivity index (χ4n) is 2.39. The molecule has 0 saturated carbocycles. The van der Waals surface area contributed by atoms with Crippen LogP contribution in [0.2, 0.25) is 0 Å². The number of aliphatic imine (C=N–C) groups is 2. The molecule has 2 aliphatic rings. The Morgan fingerprint density at radius 2 is 1.59 bits per heavy atom. The van der Waals surface area contributed by atoms with Gasteiger partial charge in [0.25, 0.3) is 0 Å². The fraction of sp³-hybridized carbons (Fsp3) is 0.733. The summed E-state index contributed by atoms with van der Waals surface area (Å²) in [5.41, 5.74) is -0.828. The van der Waals surface area contributed by atoms with Crippen LogP contribution in [0.3, 0.4) is 0 Å². The van der Waals surface area contributed by atoms with Crippen LogP contribution in [0.4, 0.5) is 43.9 Å². The second-order valence-electron chi connectivity index (χ2n) is 6.28. The van der Waals surface area contributed by atoms with Gasteiger partial charge in [0.2, 0.25) is 5.90 Å². The van der Waals surface area contributed by atoms with Gasteiger partial charge in [-0.15, -0.1) is 0 Å². The van der Waals surface area contributed by atoms with Crippen molar-refractivity contribution in [2.24, 2.45) is 9.98 Å². The van der Waals surface area contributed by atoms with E-state index in [1.54, 1.807) is 0 Å². The van der Waals surface area contributed by atoms with Crippen molar-refractivity contribution < 1.29 is 52.8 Å². The molecule has 29 heavy (non-hydrogen) atoms. The van der Waals surface area contributed by atoms with Crippen molar-refractivity contribution in [3.05, 3.63) is 11.6 Å². The van der Waals surface area contributed by atoms with E-state index in [4.69, 9.17) is 4.11 Å². The van der Waals surface area contributed by atoms with Crippen LogP contribution in [0.25, 0.3) is 0 Å². The molecule has 0 bridgehead atoms. The first kappa shape index (κ1) is 19.1. The Kier molecular flexibility index (Phi) is 4.70. The topological polar surface area (TPSA) is 37.2 Å². The molecule has 2 rings (SSSR count). The number of halogens is 10. The molecule has 2 aliphatic heterocycles. The lowest BCUT2D eigenvalue weighted by Crippen LogP contribution is -2.67. The van der Waals surface area contributed by atoms with Crippen molar-refractivity contribution in [1.82, 2.24) is 4.90 Å². The van der Waals surface area contributed by atoms with Crippen LogP contribution in [-0.4, -0.2) is 73.0 Å². The average molecular weight is 446 g/mol. The molecule has 0 atom stereocenters. The summed E-state index contributed by atoms with van der Waals surface area (Å²) in [6, 6.07) is 0. The van der Waals surface area contributed by atoms with E-state index < -0.39 is 68.5 Å². The van der Waals surface area contributed by atoms with Crippen LogP contribution in [0.5, 0.6) is 0 Å². The second kappa shape index (κ2) is 7.13. The van der Waals surface area contributed by atoms with Crippen LogP contribution < -0.4 is 0 Å². The Morgan fingerprint density at radius 3 is 2.14 bits per heavy atom. The van der Waals surface area contributed by atoms with Crippen molar-refractivity contribution in [2.45, 2.75) is 43.1 Å². The van der Waals surface area contributed by atoms with Gasteiger partial charge < -0.3 is 9.64 Å².